The number of aliphatic hydroxyl groups excluding tert-OH is 1. The average molecular weight is 481 g/mol. The maximum absolute atomic E-state index is 12.8. The van der Waals surface area contributed by atoms with E-state index in [1.165, 1.54) is 24.3 Å². The topological polar surface area (TPSA) is 154 Å². The molecule has 1 amide bonds. The van der Waals surface area contributed by atoms with E-state index in [1.54, 1.807) is 0 Å². The minimum absolute atomic E-state index is 0.0366. The maximum atomic E-state index is 12.8. The summed E-state index contributed by atoms with van der Waals surface area (Å²) in [5.41, 5.74) is 2.41. The second-order valence-corrected chi connectivity index (χ2v) is 9.85. The molecule has 1 aliphatic heterocycles. The molecule has 0 saturated carbocycles. The zero-order valence-corrected chi connectivity index (χ0v) is 18.6. The van der Waals surface area contributed by atoms with E-state index >= 15 is 0 Å². The molecule has 180 valence electrons. The van der Waals surface area contributed by atoms with Crippen molar-refractivity contribution >= 4 is 15.9 Å². The van der Waals surface area contributed by atoms with Crippen LogP contribution in [0.5, 0.6) is 5.75 Å². The molecule has 5 N–H and O–H groups in total. The molecule has 10 nitrogen and oxygen atoms in total. The van der Waals surface area contributed by atoms with Gasteiger partial charge in [-0.25, -0.2) is 13.2 Å². The van der Waals surface area contributed by atoms with E-state index in [1.807, 2.05) is 30.3 Å². The van der Waals surface area contributed by atoms with Crippen molar-refractivity contribution in [2.45, 2.75) is 47.8 Å². The summed E-state index contributed by atoms with van der Waals surface area (Å²) < 4.78 is 31.1. The number of amides is 1. The Bertz CT molecular complexity index is 1000. The van der Waals surface area contributed by atoms with Crippen LogP contribution in [-0.4, -0.2) is 66.7 Å². The molecule has 33 heavy (non-hydrogen) atoms. The average Bonchev–Trinajstić information content (AvgIpc) is 2.79. The van der Waals surface area contributed by atoms with Crippen LogP contribution in [0.3, 0.4) is 0 Å². The fourth-order valence-electron chi connectivity index (χ4n) is 3.55. The van der Waals surface area contributed by atoms with E-state index in [0.717, 1.165) is 5.56 Å². The van der Waals surface area contributed by atoms with Gasteiger partial charge in [-0.2, -0.15) is 5.48 Å². The van der Waals surface area contributed by atoms with Crippen LogP contribution in [0.4, 0.5) is 4.79 Å². The molecule has 2 aromatic carbocycles. The van der Waals surface area contributed by atoms with Gasteiger partial charge in [0, 0.05) is 13.0 Å². The minimum Gasteiger partial charge on any atom is -0.508 e. The number of nitrogens with one attached hydrogen (secondary N) is 2. The Morgan fingerprint density at radius 1 is 1.15 bits per heavy atom. The van der Waals surface area contributed by atoms with Gasteiger partial charge in [-0.05, 0) is 42.7 Å². The summed E-state index contributed by atoms with van der Waals surface area (Å²) in [4.78, 5) is 16.7. The summed E-state index contributed by atoms with van der Waals surface area (Å²) in [6.07, 6.45) is -2.00. The van der Waals surface area contributed by atoms with Gasteiger partial charge >= 0.3 is 6.09 Å². The summed E-state index contributed by atoms with van der Waals surface area (Å²) in [5, 5.41) is 31.3. The van der Waals surface area contributed by atoms with E-state index < -0.39 is 39.6 Å². The molecule has 1 heterocycles. The van der Waals surface area contributed by atoms with E-state index in [-0.39, 0.29) is 30.2 Å². The third kappa shape index (κ3) is 7.14. The Morgan fingerprint density at radius 3 is 2.52 bits per heavy atom. The Labute approximate surface area is 192 Å². The van der Waals surface area contributed by atoms with Gasteiger partial charge in [0.2, 0.25) is 9.84 Å². The smallest absolute Gasteiger partial charge is 0.404 e. The maximum Gasteiger partial charge on any atom is 0.404 e. The number of phenolic OH excluding ortho intramolecular Hbond substituents is 1. The predicted octanol–water partition coefficient (Wildman–Crippen LogP) is 1.43. The summed E-state index contributed by atoms with van der Waals surface area (Å²) in [6, 6.07) is 13.6. The third-order valence-corrected chi connectivity index (χ3v) is 7.27. The molecule has 4 atom stereocenters. The highest BCUT2D eigenvalue weighted by Crippen LogP contribution is 2.27. The fourth-order valence-corrected chi connectivity index (χ4v) is 5.11. The first-order valence-corrected chi connectivity index (χ1v) is 12.0. The van der Waals surface area contributed by atoms with Gasteiger partial charge in [-0.1, -0.05) is 30.3 Å². The van der Waals surface area contributed by atoms with Gasteiger partial charge in [0.25, 0.3) is 0 Å². The number of hydroxylamine groups is 1. The molecule has 0 radical (unpaired) electrons. The first-order chi connectivity index (χ1) is 15.8. The van der Waals surface area contributed by atoms with Crippen molar-refractivity contribution in [3.8, 4) is 5.75 Å². The number of hydrogen-bond acceptors (Lipinski definition) is 8. The number of hydrogen-bond donors (Lipinski definition) is 5. The summed E-state index contributed by atoms with van der Waals surface area (Å²) in [5.74, 6) is -0.0366. The van der Waals surface area contributed by atoms with Crippen LogP contribution in [0.15, 0.2) is 59.5 Å². The molecule has 11 heteroatoms. The quantitative estimate of drug-likeness (QED) is 0.318. The van der Waals surface area contributed by atoms with Gasteiger partial charge < -0.3 is 25.4 Å². The van der Waals surface area contributed by atoms with E-state index in [2.05, 4.69) is 10.8 Å². The second-order valence-electron chi connectivity index (χ2n) is 7.77. The molecule has 3 rings (SSSR count). The van der Waals surface area contributed by atoms with Crippen molar-refractivity contribution in [3.05, 3.63) is 60.2 Å². The number of aromatic hydroxyl groups is 1. The van der Waals surface area contributed by atoms with Crippen LogP contribution in [-0.2, 0) is 25.8 Å². The monoisotopic (exact) mass is 480 g/mol. The molecule has 0 spiro atoms. The van der Waals surface area contributed by atoms with Crippen LogP contribution in [0, 0.1) is 0 Å². The molecular formula is C22H28N2O8S. The van der Waals surface area contributed by atoms with Crippen molar-refractivity contribution in [1.29, 1.82) is 0 Å². The number of benzene rings is 2. The summed E-state index contributed by atoms with van der Waals surface area (Å²) in [7, 11) is -3.78. The van der Waals surface area contributed by atoms with Gasteiger partial charge in [-0.3, -0.25) is 4.84 Å². The van der Waals surface area contributed by atoms with Crippen LogP contribution in [0.25, 0.3) is 0 Å². The first kappa shape index (κ1) is 24.9. The molecule has 0 aliphatic carbocycles. The molecule has 0 aromatic heterocycles. The van der Waals surface area contributed by atoms with Crippen LogP contribution >= 0.6 is 0 Å². The number of carbonyl (C=O) groups is 1. The lowest BCUT2D eigenvalue weighted by atomic mass is 10.0. The second kappa shape index (κ2) is 11.4. The Hall–Kier alpha value is -2.70. The zero-order valence-electron chi connectivity index (χ0n) is 17.8. The normalized spacial score (nSPS) is 20.6. The number of sulfone groups is 1. The van der Waals surface area contributed by atoms with Gasteiger partial charge in [0.1, 0.15) is 5.75 Å². The molecule has 4 unspecified atom stereocenters. The number of carboxylic acid groups (broad SMARTS) is 1. The standard InChI is InChI=1S/C22H28N2O8S/c25-16-6-8-18(9-7-16)33(29,30)21-13-17(10-11-31-21)32-23-14-20(26)19(24-22(27)28)12-15-4-2-1-3-5-15/h1-9,17,19-21,23-26H,10-14H2,(H,27,28). The van der Waals surface area contributed by atoms with Gasteiger partial charge in [-0.15, -0.1) is 0 Å². The van der Waals surface area contributed by atoms with Gasteiger partial charge in [0.05, 0.1) is 29.8 Å². The SMILES string of the molecule is O=C(O)NC(Cc1ccccc1)C(O)CNOC1CCOC(S(=O)(=O)c2ccc(O)cc2)C1. The van der Waals surface area contributed by atoms with Crippen LogP contribution in [0.2, 0.25) is 0 Å². The number of phenols is 1. The van der Waals surface area contributed by atoms with Crippen molar-refractivity contribution in [1.82, 2.24) is 10.8 Å². The van der Waals surface area contributed by atoms with Crippen LogP contribution in [0.1, 0.15) is 18.4 Å². The lowest BCUT2D eigenvalue weighted by molar-refractivity contribution is -0.0955. The summed E-state index contributed by atoms with van der Waals surface area (Å²) in [6.45, 7) is 0.110. The zero-order chi connectivity index (χ0) is 23.8. The Morgan fingerprint density at radius 2 is 1.85 bits per heavy atom. The van der Waals surface area contributed by atoms with Crippen molar-refractivity contribution < 1.29 is 38.1 Å². The number of ether oxygens (including phenoxy) is 1. The lowest BCUT2D eigenvalue weighted by Crippen LogP contribution is -2.49. The highest BCUT2D eigenvalue weighted by Gasteiger charge is 2.35. The number of aliphatic hydroxyl groups is 1. The van der Waals surface area contributed by atoms with E-state index in [9.17, 15) is 23.4 Å². The fraction of sp³-hybridized carbons (Fsp3) is 0.409. The molecular weight excluding hydrogens is 452 g/mol. The minimum atomic E-state index is -3.78. The first-order valence-electron chi connectivity index (χ1n) is 10.5. The van der Waals surface area contributed by atoms with Crippen molar-refractivity contribution in [3.63, 3.8) is 0 Å². The predicted molar refractivity (Wildman–Crippen MR) is 118 cm³/mol. The highest BCUT2D eigenvalue weighted by molar-refractivity contribution is 7.91. The van der Waals surface area contributed by atoms with E-state index in [4.69, 9.17) is 14.7 Å². The van der Waals surface area contributed by atoms with E-state index in [0.29, 0.717) is 12.8 Å². The highest BCUT2D eigenvalue weighted by atomic mass is 32.2. The lowest BCUT2D eigenvalue weighted by Gasteiger charge is -2.30. The number of rotatable bonds is 10. The molecule has 0 bridgehead atoms. The summed E-state index contributed by atoms with van der Waals surface area (Å²) >= 11 is 0. The van der Waals surface area contributed by atoms with Gasteiger partial charge in [0.15, 0.2) is 5.44 Å². The molecule has 2 aromatic rings. The molecule has 1 saturated heterocycles. The Balaban J connectivity index is 1.53. The largest absolute Gasteiger partial charge is 0.508 e. The third-order valence-electron chi connectivity index (χ3n) is 5.32. The van der Waals surface area contributed by atoms with Crippen LogP contribution < -0.4 is 10.8 Å². The van der Waals surface area contributed by atoms with Crippen molar-refractivity contribution in [2.75, 3.05) is 13.2 Å². The Kier molecular flexibility index (Phi) is 8.64. The molecule has 1 aliphatic rings. The van der Waals surface area contributed by atoms with Crippen molar-refractivity contribution in [2.24, 2.45) is 0 Å². The molecule has 1 fully saturated rings.